The highest BCUT2D eigenvalue weighted by molar-refractivity contribution is 6.03. The Labute approximate surface area is 120 Å². The summed E-state index contributed by atoms with van der Waals surface area (Å²) >= 11 is 0. The lowest BCUT2D eigenvalue weighted by Gasteiger charge is -2.31. The van der Waals surface area contributed by atoms with Crippen LogP contribution in [0, 0.1) is 0 Å². The van der Waals surface area contributed by atoms with Gasteiger partial charge in [-0.1, -0.05) is 67.6 Å². The van der Waals surface area contributed by atoms with E-state index in [0.29, 0.717) is 18.6 Å². The Morgan fingerprint density at radius 2 is 1.50 bits per heavy atom. The summed E-state index contributed by atoms with van der Waals surface area (Å²) in [4.78, 5) is 13.0. The molecule has 0 heterocycles. The summed E-state index contributed by atoms with van der Waals surface area (Å²) in [5, 5.41) is 0. The van der Waals surface area contributed by atoms with Crippen molar-refractivity contribution in [2.45, 2.75) is 25.9 Å². The maximum atomic E-state index is 13.0. The quantitative estimate of drug-likeness (QED) is 0.733. The predicted molar refractivity (Wildman–Crippen MR) is 80.8 cm³/mol. The van der Waals surface area contributed by atoms with Crippen LogP contribution < -0.4 is 0 Å². The maximum absolute atomic E-state index is 13.0. The summed E-state index contributed by atoms with van der Waals surface area (Å²) in [5.41, 5.74) is 0.710. The third kappa shape index (κ3) is 2.66. The van der Waals surface area contributed by atoms with Gasteiger partial charge in [0.2, 0.25) is 0 Å². The standard InChI is InChI=1S/C18H20O2/c1-3-18(20-4-2,16-13-9-6-10-14-16)17(19)15-11-7-5-8-12-15/h5-14H,3-4H2,1-2H3. The number of carbonyl (C=O) groups is 1. The van der Waals surface area contributed by atoms with Gasteiger partial charge in [0.05, 0.1) is 0 Å². The van der Waals surface area contributed by atoms with Crippen LogP contribution >= 0.6 is 0 Å². The van der Waals surface area contributed by atoms with E-state index in [1.54, 1.807) is 0 Å². The lowest BCUT2D eigenvalue weighted by Crippen LogP contribution is -2.38. The van der Waals surface area contributed by atoms with Crippen molar-refractivity contribution in [1.29, 1.82) is 0 Å². The van der Waals surface area contributed by atoms with Gasteiger partial charge in [-0.2, -0.15) is 0 Å². The molecule has 0 spiro atoms. The minimum absolute atomic E-state index is 0.0219. The highest BCUT2D eigenvalue weighted by atomic mass is 16.5. The zero-order valence-electron chi connectivity index (χ0n) is 12.0. The maximum Gasteiger partial charge on any atom is 0.199 e. The fourth-order valence-corrected chi connectivity index (χ4v) is 2.52. The molecule has 1 atom stereocenters. The second-order valence-electron chi connectivity index (χ2n) is 4.67. The number of carbonyl (C=O) groups excluding carboxylic acids is 1. The SMILES string of the molecule is CCOC(CC)(C(=O)c1ccccc1)c1ccccc1. The normalized spacial score (nSPS) is 13.7. The second-order valence-corrected chi connectivity index (χ2v) is 4.67. The second kappa shape index (κ2) is 6.49. The number of hydrogen-bond donors (Lipinski definition) is 0. The van der Waals surface area contributed by atoms with Gasteiger partial charge in [0, 0.05) is 12.2 Å². The van der Waals surface area contributed by atoms with E-state index in [1.165, 1.54) is 0 Å². The molecule has 0 aliphatic heterocycles. The first kappa shape index (κ1) is 14.5. The molecule has 0 fully saturated rings. The lowest BCUT2D eigenvalue weighted by molar-refractivity contribution is -0.0265. The molecule has 0 saturated carbocycles. The molecule has 2 heteroatoms. The van der Waals surface area contributed by atoms with Crippen LogP contribution in [0.3, 0.4) is 0 Å². The summed E-state index contributed by atoms with van der Waals surface area (Å²) in [6.45, 7) is 4.41. The molecule has 1 unspecified atom stereocenters. The Kier molecular flexibility index (Phi) is 4.70. The van der Waals surface area contributed by atoms with E-state index < -0.39 is 5.60 Å². The van der Waals surface area contributed by atoms with Crippen LogP contribution in [-0.4, -0.2) is 12.4 Å². The van der Waals surface area contributed by atoms with Crippen molar-refractivity contribution in [2.75, 3.05) is 6.61 Å². The van der Waals surface area contributed by atoms with Crippen molar-refractivity contribution in [3.05, 3.63) is 71.8 Å². The molecule has 2 aromatic rings. The van der Waals surface area contributed by atoms with Crippen LogP contribution in [0.2, 0.25) is 0 Å². The minimum Gasteiger partial charge on any atom is -0.362 e. The molecule has 0 N–H and O–H groups in total. The van der Waals surface area contributed by atoms with E-state index >= 15 is 0 Å². The molecule has 104 valence electrons. The molecular weight excluding hydrogens is 248 g/mol. The molecule has 20 heavy (non-hydrogen) atoms. The van der Waals surface area contributed by atoms with E-state index in [0.717, 1.165) is 5.56 Å². The Morgan fingerprint density at radius 3 is 2.00 bits per heavy atom. The number of ketones is 1. The first-order chi connectivity index (χ1) is 9.74. The molecular formula is C18H20O2. The largest absolute Gasteiger partial charge is 0.362 e. The summed E-state index contributed by atoms with van der Waals surface area (Å²) in [5.74, 6) is 0.0219. The molecule has 2 nitrogen and oxygen atoms in total. The van der Waals surface area contributed by atoms with Crippen molar-refractivity contribution in [3.63, 3.8) is 0 Å². The third-order valence-electron chi connectivity index (χ3n) is 3.53. The molecule has 2 aromatic carbocycles. The van der Waals surface area contributed by atoms with Crippen LogP contribution in [0.5, 0.6) is 0 Å². The predicted octanol–water partition coefficient (Wildman–Crippen LogP) is 4.21. The van der Waals surface area contributed by atoms with E-state index in [-0.39, 0.29) is 5.78 Å². The van der Waals surface area contributed by atoms with E-state index in [2.05, 4.69) is 0 Å². The van der Waals surface area contributed by atoms with Crippen molar-refractivity contribution in [2.24, 2.45) is 0 Å². The van der Waals surface area contributed by atoms with Crippen LogP contribution in [-0.2, 0) is 10.3 Å². The minimum atomic E-state index is -0.892. The zero-order valence-corrected chi connectivity index (χ0v) is 12.0. The number of ether oxygens (including phenoxy) is 1. The molecule has 2 rings (SSSR count). The van der Waals surface area contributed by atoms with Crippen molar-refractivity contribution in [3.8, 4) is 0 Å². The van der Waals surface area contributed by atoms with E-state index in [4.69, 9.17) is 4.74 Å². The average Bonchev–Trinajstić information content (AvgIpc) is 2.54. The molecule has 0 amide bonds. The van der Waals surface area contributed by atoms with Gasteiger partial charge >= 0.3 is 0 Å². The highest BCUT2D eigenvalue weighted by Crippen LogP contribution is 2.33. The van der Waals surface area contributed by atoms with Crippen LogP contribution in [0.1, 0.15) is 36.2 Å². The van der Waals surface area contributed by atoms with Gasteiger partial charge in [0.15, 0.2) is 11.4 Å². The molecule has 0 aliphatic carbocycles. The van der Waals surface area contributed by atoms with Gasteiger partial charge in [0.25, 0.3) is 0 Å². The van der Waals surface area contributed by atoms with Crippen LogP contribution in [0.25, 0.3) is 0 Å². The molecule has 0 saturated heterocycles. The van der Waals surface area contributed by atoms with Crippen molar-refractivity contribution in [1.82, 2.24) is 0 Å². The fraction of sp³-hybridized carbons (Fsp3) is 0.278. The summed E-state index contributed by atoms with van der Waals surface area (Å²) < 4.78 is 5.93. The first-order valence-corrected chi connectivity index (χ1v) is 7.04. The van der Waals surface area contributed by atoms with Crippen LogP contribution in [0.4, 0.5) is 0 Å². The Bertz CT molecular complexity index is 548. The summed E-state index contributed by atoms with van der Waals surface area (Å²) in [6.07, 6.45) is 0.610. The smallest absolute Gasteiger partial charge is 0.199 e. The topological polar surface area (TPSA) is 26.3 Å². The molecule has 0 aromatic heterocycles. The summed E-state index contributed by atoms with van der Waals surface area (Å²) in [7, 11) is 0. The average molecular weight is 268 g/mol. The Hall–Kier alpha value is -1.93. The monoisotopic (exact) mass is 268 g/mol. The van der Waals surface area contributed by atoms with Crippen molar-refractivity contribution >= 4 is 5.78 Å². The van der Waals surface area contributed by atoms with Crippen LogP contribution in [0.15, 0.2) is 60.7 Å². The fourth-order valence-electron chi connectivity index (χ4n) is 2.52. The Morgan fingerprint density at radius 1 is 0.950 bits per heavy atom. The highest BCUT2D eigenvalue weighted by Gasteiger charge is 2.39. The van der Waals surface area contributed by atoms with Gasteiger partial charge in [-0.3, -0.25) is 4.79 Å². The van der Waals surface area contributed by atoms with Gasteiger partial charge < -0.3 is 4.74 Å². The third-order valence-corrected chi connectivity index (χ3v) is 3.53. The van der Waals surface area contributed by atoms with Crippen molar-refractivity contribution < 1.29 is 9.53 Å². The van der Waals surface area contributed by atoms with Gasteiger partial charge in [0.1, 0.15) is 0 Å². The van der Waals surface area contributed by atoms with Gasteiger partial charge in [-0.05, 0) is 18.9 Å². The molecule has 0 bridgehead atoms. The lowest BCUT2D eigenvalue weighted by atomic mass is 9.83. The van der Waals surface area contributed by atoms with Gasteiger partial charge in [-0.25, -0.2) is 0 Å². The summed E-state index contributed by atoms with van der Waals surface area (Å²) in [6, 6.07) is 19.1. The first-order valence-electron chi connectivity index (χ1n) is 7.04. The van der Waals surface area contributed by atoms with E-state index in [1.807, 2.05) is 74.5 Å². The number of rotatable bonds is 6. The zero-order chi connectivity index (χ0) is 14.4. The molecule has 0 radical (unpaired) electrons. The van der Waals surface area contributed by atoms with E-state index in [9.17, 15) is 4.79 Å². The van der Waals surface area contributed by atoms with Gasteiger partial charge in [-0.15, -0.1) is 0 Å². The number of hydrogen-bond acceptors (Lipinski definition) is 2. The number of benzene rings is 2. The number of Topliss-reactive ketones (excluding diaryl/α,β-unsaturated/α-hetero) is 1. The Balaban J connectivity index is 2.50. The molecule has 0 aliphatic rings.